The first-order valence-corrected chi connectivity index (χ1v) is 6.32. The Labute approximate surface area is 107 Å². The van der Waals surface area contributed by atoms with Crippen molar-refractivity contribution in [2.75, 3.05) is 25.1 Å². The van der Waals surface area contributed by atoms with Crippen molar-refractivity contribution in [2.24, 2.45) is 5.92 Å². The highest BCUT2D eigenvalue weighted by Crippen LogP contribution is 2.18. The minimum atomic E-state index is -0.257. The molecule has 0 aliphatic heterocycles. The molecule has 0 radical (unpaired) electrons. The number of alkyl halides is 1. The molecule has 5 nitrogen and oxygen atoms in total. The number of hydrogen-bond donors (Lipinski definition) is 1. The molecule has 0 aromatic carbocycles. The van der Waals surface area contributed by atoms with Crippen LogP contribution in [0.1, 0.15) is 38.5 Å². The van der Waals surface area contributed by atoms with E-state index in [4.69, 9.17) is 20.8 Å². The standard InChI is InChI=1S/C11H20ClN3O2/c1-8(2)7-16-6-4-5-13-11-15-14-10(17-11)9(3)12/h8-9H,4-7H2,1-3H3,(H,13,15). The summed E-state index contributed by atoms with van der Waals surface area (Å²) in [5, 5.41) is 10.4. The van der Waals surface area contributed by atoms with Gasteiger partial charge in [-0.05, 0) is 19.3 Å². The molecule has 0 aliphatic carbocycles. The van der Waals surface area contributed by atoms with E-state index in [0.29, 0.717) is 17.8 Å². The van der Waals surface area contributed by atoms with E-state index < -0.39 is 0 Å². The van der Waals surface area contributed by atoms with E-state index in [1.54, 1.807) is 6.92 Å². The average Bonchev–Trinajstić information content (AvgIpc) is 2.71. The van der Waals surface area contributed by atoms with Crippen molar-refractivity contribution in [1.29, 1.82) is 0 Å². The lowest BCUT2D eigenvalue weighted by Crippen LogP contribution is -2.08. The number of nitrogens with one attached hydrogen (secondary N) is 1. The highest BCUT2D eigenvalue weighted by Gasteiger charge is 2.10. The molecule has 0 saturated carbocycles. The zero-order chi connectivity index (χ0) is 12.7. The van der Waals surface area contributed by atoms with Gasteiger partial charge in [0, 0.05) is 19.8 Å². The number of rotatable bonds is 8. The van der Waals surface area contributed by atoms with Crippen LogP contribution in [0.15, 0.2) is 4.42 Å². The van der Waals surface area contributed by atoms with E-state index in [0.717, 1.165) is 26.2 Å². The SMILES string of the molecule is CC(C)COCCCNc1nnc(C(C)Cl)o1. The predicted molar refractivity (Wildman–Crippen MR) is 67.3 cm³/mol. The van der Waals surface area contributed by atoms with Crippen LogP contribution >= 0.6 is 11.6 Å². The third-order valence-corrected chi connectivity index (χ3v) is 2.16. The zero-order valence-electron chi connectivity index (χ0n) is 10.6. The Morgan fingerprint density at radius 1 is 1.35 bits per heavy atom. The first-order valence-electron chi connectivity index (χ1n) is 5.88. The summed E-state index contributed by atoms with van der Waals surface area (Å²) in [4.78, 5) is 0. The van der Waals surface area contributed by atoms with Gasteiger partial charge >= 0.3 is 6.01 Å². The molecule has 1 N–H and O–H groups in total. The Morgan fingerprint density at radius 2 is 2.12 bits per heavy atom. The molecule has 0 saturated heterocycles. The van der Waals surface area contributed by atoms with Crippen LogP contribution in [-0.4, -0.2) is 30.0 Å². The van der Waals surface area contributed by atoms with Crippen molar-refractivity contribution in [3.63, 3.8) is 0 Å². The van der Waals surface area contributed by atoms with Crippen LogP contribution in [0.3, 0.4) is 0 Å². The molecule has 1 unspecified atom stereocenters. The molecular formula is C11H20ClN3O2. The number of anilines is 1. The first-order chi connectivity index (χ1) is 8.09. The Balaban J connectivity index is 2.09. The summed E-state index contributed by atoms with van der Waals surface area (Å²) in [7, 11) is 0. The molecule has 1 rings (SSSR count). The van der Waals surface area contributed by atoms with Crippen molar-refractivity contribution in [1.82, 2.24) is 10.2 Å². The molecule has 1 heterocycles. The van der Waals surface area contributed by atoms with Crippen LogP contribution in [0, 0.1) is 5.92 Å². The van der Waals surface area contributed by atoms with Crippen molar-refractivity contribution in [3.8, 4) is 0 Å². The lowest BCUT2D eigenvalue weighted by Gasteiger charge is -2.06. The molecule has 0 bridgehead atoms. The van der Waals surface area contributed by atoms with Crippen LogP contribution in [-0.2, 0) is 4.74 Å². The summed E-state index contributed by atoms with van der Waals surface area (Å²) in [5.74, 6) is 1.01. The molecule has 98 valence electrons. The van der Waals surface area contributed by atoms with Gasteiger partial charge in [0.25, 0.3) is 0 Å². The molecule has 1 atom stereocenters. The summed E-state index contributed by atoms with van der Waals surface area (Å²) in [6, 6.07) is 0.413. The molecule has 17 heavy (non-hydrogen) atoms. The van der Waals surface area contributed by atoms with Crippen molar-refractivity contribution < 1.29 is 9.15 Å². The first kappa shape index (κ1) is 14.3. The second-order valence-corrected chi connectivity index (χ2v) is 4.97. The maximum atomic E-state index is 5.80. The van der Waals surface area contributed by atoms with Crippen molar-refractivity contribution in [2.45, 2.75) is 32.6 Å². The summed E-state index contributed by atoms with van der Waals surface area (Å²) >= 11 is 5.80. The fraction of sp³-hybridized carbons (Fsp3) is 0.818. The van der Waals surface area contributed by atoms with Gasteiger partial charge in [0.1, 0.15) is 5.38 Å². The molecule has 6 heteroatoms. The van der Waals surface area contributed by atoms with Crippen LogP contribution in [0.2, 0.25) is 0 Å². The highest BCUT2D eigenvalue weighted by atomic mass is 35.5. The van der Waals surface area contributed by atoms with Gasteiger partial charge in [0.05, 0.1) is 0 Å². The molecule has 0 spiro atoms. The average molecular weight is 262 g/mol. The van der Waals surface area contributed by atoms with Crippen molar-refractivity contribution in [3.05, 3.63) is 5.89 Å². The van der Waals surface area contributed by atoms with Gasteiger partial charge in [0.2, 0.25) is 5.89 Å². The monoisotopic (exact) mass is 261 g/mol. The molecule has 1 aromatic heterocycles. The number of hydrogen-bond acceptors (Lipinski definition) is 5. The summed E-state index contributed by atoms with van der Waals surface area (Å²) in [5.41, 5.74) is 0. The van der Waals surface area contributed by atoms with Gasteiger partial charge in [-0.1, -0.05) is 18.9 Å². The second-order valence-electron chi connectivity index (χ2n) is 4.31. The van der Waals surface area contributed by atoms with E-state index in [-0.39, 0.29) is 5.38 Å². The third-order valence-electron chi connectivity index (χ3n) is 1.97. The predicted octanol–water partition coefficient (Wildman–Crippen LogP) is 2.84. The van der Waals surface area contributed by atoms with Crippen LogP contribution in [0.4, 0.5) is 6.01 Å². The highest BCUT2D eigenvalue weighted by molar-refractivity contribution is 6.20. The number of halogens is 1. The van der Waals surface area contributed by atoms with Gasteiger partial charge < -0.3 is 14.5 Å². The van der Waals surface area contributed by atoms with Crippen LogP contribution < -0.4 is 5.32 Å². The molecule has 0 aliphatic rings. The van der Waals surface area contributed by atoms with Gasteiger partial charge in [0.15, 0.2) is 0 Å². The van der Waals surface area contributed by atoms with Gasteiger partial charge in [-0.2, -0.15) is 0 Å². The van der Waals surface area contributed by atoms with E-state index in [1.807, 2.05) is 0 Å². The van der Waals surface area contributed by atoms with E-state index in [9.17, 15) is 0 Å². The summed E-state index contributed by atoms with van der Waals surface area (Å²) < 4.78 is 10.7. The van der Waals surface area contributed by atoms with Crippen LogP contribution in [0.25, 0.3) is 0 Å². The molecule has 0 amide bonds. The van der Waals surface area contributed by atoms with Gasteiger partial charge in [-0.15, -0.1) is 16.7 Å². The molecular weight excluding hydrogens is 242 g/mol. The van der Waals surface area contributed by atoms with Gasteiger partial charge in [-0.25, -0.2) is 0 Å². The Morgan fingerprint density at radius 3 is 2.71 bits per heavy atom. The van der Waals surface area contributed by atoms with Crippen LogP contribution in [0.5, 0.6) is 0 Å². The topological polar surface area (TPSA) is 60.2 Å². The Kier molecular flexibility index (Phi) is 6.29. The van der Waals surface area contributed by atoms with E-state index in [1.165, 1.54) is 0 Å². The van der Waals surface area contributed by atoms with E-state index in [2.05, 4.69) is 29.4 Å². The zero-order valence-corrected chi connectivity index (χ0v) is 11.3. The lowest BCUT2D eigenvalue weighted by atomic mass is 10.2. The number of aromatic nitrogens is 2. The second kappa shape index (κ2) is 7.50. The Bertz CT molecular complexity index is 315. The number of ether oxygens (including phenoxy) is 1. The van der Waals surface area contributed by atoms with Crippen molar-refractivity contribution >= 4 is 17.6 Å². The van der Waals surface area contributed by atoms with Gasteiger partial charge in [-0.3, -0.25) is 0 Å². The number of nitrogens with zero attached hydrogens (tertiary/aromatic N) is 2. The minimum absolute atomic E-state index is 0.257. The smallest absolute Gasteiger partial charge is 0.315 e. The lowest BCUT2D eigenvalue weighted by molar-refractivity contribution is 0.109. The largest absolute Gasteiger partial charge is 0.407 e. The minimum Gasteiger partial charge on any atom is -0.407 e. The third kappa shape index (κ3) is 5.89. The molecule has 1 aromatic rings. The normalized spacial score (nSPS) is 13.0. The Hall–Kier alpha value is -0.810. The summed E-state index contributed by atoms with van der Waals surface area (Å²) in [6.07, 6.45) is 0.904. The fourth-order valence-electron chi connectivity index (χ4n) is 1.16. The van der Waals surface area contributed by atoms with E-state index >= 15 is 0 Å². The quantitative estimate of drug-likeness (QED) is 0.576. The summed E-state index contributed by atoms with van der Waals surface area (Å²) in [6.45, 7) is 8.33. The fourth-order valence-corrected chi connectivity index (χ4v) is 1.24. The maximum Gasteiger partial charge on any atom is 0.315 e. The molecule has 0 fully saturated rings. The maximum absolute atomic E-state index is 5.80.